The van der Waals surface area contributed by atoms with Crippen LogP contribution in [0.4, 0.5) is 0 Å². The van der Waals surface area contributed by atoms with Gasteiger partial charge < -0.3 is 10.2 Å². The molecule has 1 unspecified atom stereocenters. The van der Waals surface area contributed by atoms with Crippen molar-refractivity contribution in [1.29, 1.82) is 0 Å². The van der Waals surface area contributed by atoms with Gasteiger partial charge in [-0.15, -0.1) is 0 Å². The summed E-state index contributed by atoms with van der Waals surface area (Å²) in [5, 5.41) is 17.7. The minimum Gasteiger partial charge on any atom is -0.481 e. The van der Waals surface area contributed by atoms with Crippen LogP contribution >= 0.6 is 0 Å². The normalized spacial score (nSPS) is 40.0. The Hall–Kier alpha value is -0.570. The number of aliphatic carboxylic acids is 1. The van der Waals surface area contributed by atoms with Crippen molar-refractivity contribution in [3.05, 3.63) is 0 Å². The third-order valence-electron chi connectivity index (χ3n) is 2.08. The number of rotatable bonds is 1. The summed E-state index contributed by atoms with van der Waals surface area (Å²) in [4.78, 5) is 10.4. The van der Waals surface area contributed by atoms with Crippen LogP contribution in [0.15, 0.2) is 0 Å². The Kier molecular flexibility index (Phi) is 1.94. The highest BCUT2D eigenvalue weighted by Crippen LogP contribution is 2.30. The van der Waals surface area contributed by atoms with Gasteiger partial charge >= 0.3 is 5.97 Å². The largest absolute Gasteiger partial charge is 0.481 e. The molecule has 0 radical (unpaired) electrons. The number of hydrogen-bond acceptors (Lipinski definition) is 2. The van der Waals surface area contributed by atoms with E-state index in [1.165, 1.54) is 0 Å². The maximum atomic E-state index is 10.4. The van der Waals surface area contributed by atoms with Crippen molar-refractivity contribution in [2.45, 2.75) is 25.9 Å². The molecule has 0 aliphatic heterocycles. The van der Waals surface area contributed by atoms with Gasteiger partial charge in [0.2, 0.25) is 0 Å². The first-order valence-corrected chi connectivity index (χ1v) is 3.52. The Morgan fingerprint density at radius 3 is 2.30 bits per heavy atom. The molecule has 1 fully saturated rings. The highest BCUT2D eigenvalue weighted by atomic mass is 16.4. The topological polar surface area (TPSA) is 57.5 Å². The number of aliphatic hydroxyl groups excluding tert-OH is 1. The molecule has 0 aromatic heterocycles. The molecule has 0 spiro atoms. The molecule has 0 amide bonds. The van der Waals surface area contributed by atoms with Gasteiger partial charge in [-0.3, -0.25) is 4.79 Å². The van der Waals surface area contributed by atoms with Gasteiger partial charge in [-0.2, -0.15) is 0 Å². The highest BCUT2D eigenvalue weighted by molar-refractivity contribution is 5.71. The molecule has 0 aromatic rings. The molecule has 2 N–H and O–H groups in total. The van der Waals surface area contributed by atoms with Crippen LogP contribution in [-0.2, 0) is 4.79 Å². The molecular weight excluding hydrogens is 132 g/mol. The standard InChI is InChI=1S/C7H12O3/c1-4-2-5(7(9)10)6(8)3-4/h4-6,8H,2-3H2,1H3,(H,9,10)/t4?,5-,6+/m1/s1. The van der Waals surface area contributed by atoms with Crippen LogP contribution < -0.4 is 0 Å². The molecule has 3 atom stereocenters. The van der Waals surface area contributed by atoms with E-state index in [2.05, 4.69) is 0 Å². The zero-order valence-corrected chi connectivity index (χ0v) is 5.95. The van der Waals surface area contributed by atoms with Crippen molar-refractivity contribution >= 4 is 5.97 Å². The number of carbonyl (C=O) groups is 1. The molecule has 3 heteroatoms. The Morgan fingerprint density at radius 2 is 2.10 bits per heavy atom. The maximum absolute atomic E-state index is 10.4. The van der Waals surface area contributed by atoms with Gasteiger partial charge in [0.1, 0.15) is 0 Å². The fraction of sp³-hybridized carbons (Fsp3) is 0.857. The van der Waals surface area contributed by atoms with Crippen LogP contribution in [0.25, 0.3) is 0 Å². The SMILES string of the molecule is CC1C[C@H](O)[C@H](C(=O)O)C1. The molecule has 0 aromatic carbocycles. The minimum absolute atomic E-state index is 0.357. The Morgan fingerprint density at radius 1 is 1.50 bits per heavy atom. The van der Waals surface area contributed by atoms with E-state index in [0.29, 0.717) is 18.8 Å². The van der Waals surface area contributed by atoms with Gasteiger partial charge in [-0.25, -0.2) is 0 Å². The lowest BCUT2D eigenvalue weighted by Crippen LogP contribution is -2.21. The lowest BCUT2D eigenvalue weighted by molar-refractivity contribution is -0.144. The summed E-state index contributed by atoms with van der Waals surface area (Å²) in [5.74, 6) is -1.03. The fourth-order valence-corrected chi connectivity index (χ4v) is 1.53. The fourth-order valence-electron chi connectivity index (χ4n) is 1.53. The van der Waals surface area contributed by atoms with Crippen molar-refractivity contribution in [2.24, 2.45) is 11.8 Å². The average molecular weight is 144 g/mol. The molecule has 1 saturated carbocycles. The monoisotopic (exact) mass is 144 g/mol. The second kappa shape index (κ2) is 2.58. The molecule has 0 heterocycles. The molecule has 0 bridgehead atoms. The Labute approximate surface area is 59.7 Å². The maximum Gasteiger partial charge on any atom is 0.309 e. The predicted octanol–water partition coefficient (Wildman–Crippen LogP) is 0.478. The summed E-state index contributed by atoms with van der Waals surface area (Å²) in [6.07, 6.45) is 0.639. The predicted molar refractivity (Wildman–Crippen MR) is 35.5 cm³/mol. The summed E-state index contributed by atoms with van der Waals surface area (Å²) in [5.41, 5.74) is 0. The first-order valence-electron chi connectivity index (χ1n) is 3.52. The molecule has 1 rings (SSSR count). The van der Waals surface area contributed by atoms with Gasteiger partial charge in [0.25, 0.3) is 0 Å². The van der Waals surface area contributed by atoms with Crippen molar-refractivity contribution in [3.63, 3.8) is 0 Å². The van der Waals surface area contributed by atoms with Gasteiger partial charge in [0, 0.05) is 0 Å². The third-order valence-corrected chi connectivity index (χ3v) is 2.08. The van der Waals surface area contributed by atoms with Gasteiger partial charge in [-0.05, 0) is 18.8 Å². The van der Waals surface area contributed by atoms with Crippen molar-refractivity contribution in [1.82, 2.24) is 0 Å². The summed E-state index contributed by atoms with van der Waals surface area (Å²) in [6, 6.07) is 0. The molecule has 1 aliphatic carbocycles. The zero-order valence-electron chi connectivity index (χ0n) is 5.95. The second-order valence-corrected chi connectivity index (χ2v) is 3.09. The summed E-state index contributed by atoms with van der Waals surface area (Å²) >= 11 is 0. The van der Waals surface area contributed by atoms with E-state index in [0.717, 1.165) is 0 Å². The molecule has 10 heavy (non-hydrogen) atoms. The van der Waals surface area contributed by atoms with Gasteiger partial charge in [0.15, 0.2) is 0 Å². The molecule has 3 nitrogen and oxygen atoms in total. The third kappa shape index (κ3) is 1.29. The van der Waals surface area contributed by atoms with Crippen LogP contribution in [0, 0.1) is 11.8 Å². The first-order chi connectivity index (χ1) is 4.61. The van der Waals surface area contributed by atoms with E-state index in [1.54, 1.807) is 0 Å². The number of carboxylic acid groups (broad SMARTS) is 1. The number of carboxylic acids is 1. The molecular formula is C7H12O3. The number of hydrogen-bond donors (Lipinski definition) is 2. The average Bonchev–Trinajstić information content (AvgIpc) is 2.10. The van der Waals surface area contributed by atoms with Crippen LogP contribution in [0.5, 0.6) is 0 Å². The van der Waals surface area contributed by atoms with E-state index in [-0.39, 0.29) is 0 Å². The van der Waals surface area contributed by atoms with Crippen LogP contribution in [-0.4, -0.2) is 22.3 Å². The zero-order chi connectivity index (χ0) is 7.72. The smallest absolute Gasteiger partial charge is 0.309 e. The summed E-state index contributed by atoms with van der Waals surface area (Å²) < 4.78 is 0. The number of aliphatic hydroxyl groups is 1. The second-order valence-electron chi connectivity index (χ2n) is 3.09. The van der Waals surface area contributed by atoms with Gasteiger partial charge in [0.05, 0.1) is 12.0 Å². The van der Waals surface area contributed by atoms with E-state index in [9.17, 15) is 4.79 Å². The highest BCUT2D eigenvalue weighted by Gasteiger charge is 2.35. The van der Waals surface area contributed by atoms with Crippen LogP contribution in [0.2, 0.25) is 0 Å². The Bertz CT molecular complexity index is 144. The minimum atomic E-state index is -0.864. The molecule has 58 valence electrons. The van der Waals surface area contributed by atoms with E-state index in [1.807, 2.05) is 6.92 Å². The summed E-state index contributed by atoms with van der Waals surface area (Å²) in [7, 11) is 0. The lowest BCUT2D eigenvalue weighted by Gasteiger charge is -2.06. The first kappa shape index (κ1) is 7.54. The quantitative estimate of drug-likeness (QED) is 0.562. The Balaban J connectivity index is 2.54. The van der Waals surface area contributed by atoms with E-state index in [4.69, 9.17) is 10.2 Å². The van der Waals surface area contributed by atoms with E-state index < -0.39 is 18.0 Å². The van der Waals surface area contributed by atoms with Crippen LogP contribution in [0.3, 0.4) is 0 Å². The van der Waals surface area contributed by atoms with Gasteiger partial charge in [-0.1, -0.05) is 6.92 Å². The summed E-state index contributed by atoms with van der Waals surface area (Å²) in [6.45, 7) is 1.96. The van der Waals surface area contributed by atoms with Crippen molar-refractivity contribution in [2.75, 3.05) is 0 Å². The molecule has 0 saturated heterocycles. The van der Waals surface area contributed by atoms with Crippen LogP contribution in [0.1, 0.15) is 19.8 Å². The molecule has 1 aliphatic rings. The van der Waals surface area contributed by atoms with Crippen molar-refractivity contribution < 1.29 is 15.0 Å². The van der Waals surface area contributed by atoms with Crippen molar-refractivity contribution in [3.8, 4) is 0 Å². The van der Waals surface area contributed by atoms with E-state index >= 15 is 0 Å². The lowest BCUT2D eigenvalue weighted by atomic mass is 10.1.